The largest absolute Gasteiger partial charge is 0.249 e. The normalized spacial score (nSPS) is 21.4. The van der Waals surface area contributed by atoms with Gasteiger partial charge in [0.1, 0.15) is 0 Å². The summed E-state index contributed by atoms with van der Waals surface area (Å²) < 4.78 is 0. The lowest BCUT2D eigenvalue weighted by atomic mass is 10.0. The molecule has 0 amide bonds. The molecular formula is C20H24O4. The fourth-order valence-corrected chi connectivity index (χ4v) is 2.53. The third-order valence-electron chi connectivity index (χ3n) is 4.21. The summed E-state index contributed by atoms with van der Waals surface area (Å²) >= 11 is 0. The van der Waals surface area contributed by atoms with Crippen molar-refractivity contribution in [2.75, 3.05) is 0 Å². The lowest BCUT2D eigenvalue weighted by molar-refractivity contribution is -0.600. The summed E-state index contributed by atoms with van der Waals surface area (Å²) in [6, 6.07) is 16.1. The summed E-state index contributed by atoms with van der Waals surface area (Å²) in [7, 11) is 0. The average molecular weight is 328 g/mol. The molecule has 0 unspecified atom stereocenters. The van der Waals surface area contributed by atoms with Crippen LogP contribution < -0.4 is 0 Å². The molecule has 4 nitrogen and oxygen atoms in total. The SMILES string of the molecule is CC(C)c1ccc(C2OOC(c3ccc(C(C)C)cc3)OO2)cc1. The van der Waals surface area contributed by atoms with Crippen LogP contribution in [0.5, 0.6) is 0 Å². The van der Waals surface area contributed by atoms with Gasteiger partial charge in [0, 0.05) is 11.1 Å². The Bertz CT molecular complexity index is 579. The molecule has 4 heteroatoms. The van der Waals surface area contributed by atoms with Crippen LogP contribution in [0.15, 0.2) is 48.5 Å². The highest BCUT2D eigenvalue weighted by Gasteiger charge is 2.28. The Kier molecular flexibility index (Phi) is 5.31. The first-order valence-electron chi connectivity index (χ1n) is 8.38. The maximum Gasteiger partial charge on any atom is 0.249 e. The van der Waals surface area contributed by atoms with E-state index in [4.69, 9.17) is 19.6 Å². The first kappa shape index (κ1) is 17.1. The fourth-order valence-electron chi connectivity index (χ4n) is 2.53. The minimum absolute atomic E-state index is 0.484. The zero-order valence-corrected chi connectivity index (χ0v) is 14.6. The number of hydrogen-bond acceptors (Lipinski definition) is 4. The Hall–Kier alpha value is -1.72. The molecule has 24 heavy (non-hydrogen) atoms. The minimum Gasteiger partial charge on any atom is -0.193 e. The van der Waals surface area contributed by atoms with Crippen molar-refractivity contribution in [2.45, 2.75) is 52.1 Å². The second kappa shape index (κ2) is 7.45. The lowest BCUT2D eigenvalue weighted by Crippen LogP contribution is -2.22. The van der Waals surface area contributed by atoms with Gasteiger partial charge in [-0.25, -0.2) is 0 Å². The van der Waals surface area contributed by atoms with Crippen LogP contribution in [0.3, 0.4) is 0 Å². The van der Waals surface area contributed by atoms with Crippen LogP contribution in [-0.2, 0) is 19.6 Å². The third-order valence-corrected chi connectivity index (χ3v) is 4.21. The van der Waals surface area contributed by atoms with Crippen LogP contribution in [0, 0.1) is 0 Å². The smallest absolute Gasteiger partial charge is 0.193 e. The zero-order chi connectivity index (χ0) is 17.1. The van der Waals surface area contributed by atoms with Gasteiger partial charge in [-0.1, -0.05) is 76.2 Å². The average Bonchev–Trinajstić information content (AvgIpc) is 2.62. The standard InChI is InChI=1S/C20H24O4/c1-13(2)15-5-9-17(10-6-15)19-21-23-20(24-22-19)18-11-7-16(8-12-18)14(3)4/h5-14,19-20H,1-4H3. The number of hydrogen-bond donors (Lipinski definition) is 0. The molecule has 1 saturated heterocycles. The molecule has 1 aliphatic rings. The molecule has 1 heterocycles. The van der Waals surface area contributed by atoms with Crippen LogP contribution in [0.25, 0.3) is 0 Å². The Balaban J connectivity index is 1.61. The van der Waals surface area contributed by atoms with E-state index in [0.717, 1.165) is 11.1 Å². The van der Waals surface area contributed by atoms with E-state index in [1.165, 1.54) is 11.1 Å². The van der Waals surface area contributed by atoms with E-state index in [1.54, 1.807) is 0 Å². The van der Waals surface area contributed by atoms with E-state index in [9.17, 15) is 0 Å². The molecule has 3 rings (SSSR count). The topological polar surface area (TPSA) is 36.9 Å². The molecule has 2 aromatic rings. The maximum atomic E-state index is 5.36. The van der Waals surface area contributed by atoms with Crippen LogP contribution in [0.1, 0.15) is 74.4 Å². The van der Waals surface area contributed by atoms with Gasteiger partial charge in [0.05, 0.1) is 0 Å². The van der Waals surface area contributed by atoms with Gasteiger partial charge in [-0.15, -0.1) is 0 Å². The maximum absolute atomic E-state index is 5.36. The summed E-state index contributed by atoms with van der Waals surface area (Å²) in [5.41, 5.74) is 4.24. The van der Waals surface area contributed by atoms with E-state index in [-0.39, 0.29) is 0 Å². The monoisotopic (exact) mass is 328 g/mol. The predicted octanol–water partition coefficient (Wildman–Crippen LogP) is 5.54. The van der Waals surface area contributed by atoms with Gasteiger partial charge in [0.15, 0.2) is 0 Å². The Labute approximate surface area is 143 Å². The van der Waals surface area contributed by atoms with Crippen molar-refractivity contribution in [3.8, 4) is 0 Å². The molecule has 0 aliphatic carbocycles. The zero-order valence-electron chi connectivity index (χ0n) is 14.6. The quantitative estimate of drug-likeness (QED) is 0.690. The molecule has 0 spiro atoms. The van der Waals surface area contributed by atoms with E-state index in [2.05, 4.69) is 52.0 Å². The highest BCUT2D eigenvalue weighted by atomic mass is 17.4. The molecule has 2 aromatic carbocycles. The van der Waals surface area contributed by atoms with Gasteiger partial charge in [-0.05, 0) is 23.0 Å². The third kappa shape index (κ3) is 3.84. The Morgan fingerprint density at radius 2 is 0.833 bits per heavy atom. The Morgan fingerprint density at radius 3 is 1.08 bits per heavy atom. The minimum atomic E-state index is -0.683. The lowest BCUT2D eigenvalue weighted by Gasteiger charge is -2.27. The van der Waals surface area contributed by atoms with E-state index in [0.29, 0.717) is 11.8 Å². The number of benzene rings is 2. The van der Waals surface area contributed by atoms with Crippen molar-refractivity contribution in [1.29, 1.82) is 0 Å². The van der Waals surface area contributed by atoms with Gasteiger partial charge in [-0.2, -0.15) is 19.6 Å². The van der Waals surface area contributed by atoms with Crippen LogP contribution >= 0.6 is 0 Å². The van der Waals surface area contributed by atoms with Crippen molar-refractivity contribution in [2.24, 2.45) is 0 Å². The molecule has 0 radical (unpaired) electrons. The summed E-state index contributed by atoms with van der Waals surface area (Å²) in [4.78, 5) is 21.4. The van der Waals surface area contributed by atoms with Crippen molar-refractivity contribution in [1.82, 2.24) is 0 Å². The highest BCUT2D eigenvalue weighted by molar-refractivity contribution is 5.26. The van der Waals surface area contributed by atoms with Gasteiger partial charge in [0.2, 0.25) is 12.6 Å². The van der Waals surface area contributed by atoms with Crippen molar-refractivity contribution in [3.63, 3.8) is 0 Å². The van der Waals surface area contributed by atoms with Gasteiger partial charge in [0.25, 0.3) is 0 Å². The highest BCUT2D eigenvalue weighted by Crippen LogP contribution is 2.33. The van der Waals surface area contributed by atoms with E-state index in [1.807, 2.05) is 24.3 Å². The van der Waals surface area contributed by atoms with Gasteiger partial charge >= 0.3 is 0 Å². The summed E-state index contributed by atoms with van der Waals surface area (Å²) in [5, 5.41) is 0. The first-order chi connectivity index (χ1) is 11.5. The summed E-state index contributed by atoms with van der Waals surface area (Å²) in [6.07, 6.45) is -1.37. The van der Waals surface area contributed by atoms with Crippen LogP contribution in [0.2, 0.25) is 0 Å². The van der Waals surface area contributed by atoms with Crippen LogP contribution in [0.4, 0.5) is 0 Å². The molecule has 1 aliphatic heterocycles. The van der Waals surface area contributed by atoms with E-state index < -0.39 is 12.6 Å². The van der Waals surface area contributed by atoms with Crippen molar-refractivity contribution in [3.05, 3.63) is 70.8 Å². The van der Waals surface area contributed by atoms with Gasteiger partial charge < -0.3 is 0 Å². The molecule has 1 fully saturated rings. The molecule has 0 atom stereocenters. The molecule has 128 valence electrons. The fraction of sp³-hybridized carbons (Fsp3) is 0.400. The predicted molar refractivity (Wildman–Crippen MR) is 90.9 cm³/mol. The molecular weight excluding hydrogens is 304 g/mol. The van der Waals surface area contributed by atoms with Crippen molar-refractivity contribution >= 4 is 0 Å². The molecule has 0 N–H and O–H groups in total. The molecule has 0 bridgehead atoms. The van der Waals surface area contributed by atoms with Gasteiger partial charge in [-0.3, -0.25) is 0 Å². The first-order valence-corrected chi connectivity index (χ1v) is 8.38. The second-order valence-electron chi connectivity index (χ2n) is 6.69. The summed E-state index contributed by atoms with van der Waals surface area (Å²) in [5.74, 6) is 0.968. The molecule has 0 saturated carbocycles. The van der Waals surface area contributed by atoms with E-state index >= 15 is 0 Å². The number of rotatable bonds is 4. The Morgan fingerprint density at radius 1 is 0.542 bits per heavy atom. The van der Waals surface area contributed by atoms with Crippen molar-refractivity contribution < 1.29 is 19.6 Å². The molecule has 0 aromatic heterocycles. The summed E-state index contributed by atoms with van der Waals surface area (Å²) in [6.45, 7) is 8.63. The van der Waals surface area contributed by atoms with Crippen LogP contribution in [-0.4, -0.2) is 0 Å². The second-order valence-corrected chi connectivity index (χ2v) is 6.69.